The van der Waals surface area contributed by atoms with E-state index < -0.39 is 0 Å². The summed E-state index contributed by atoms with van der Waals surface area (Å²) >= 11 is 3.42. The average molecular weight is 314 g/mol. The first kappa shape index (κ1) is 15.2. The van der Waals surface area contributed by atoms with Crippen LogP contribution in [0.15, 0.2) is 22.7 Å². The van der Waals surface area contributed by atoms with Crippen molar-refractivity contribution in [1.29, 1.82) is 0 Å². The minimum absolute atomic E-state index is 0.0709. The molecule has 4 heteroatoms. The topological polar surface area (TPSA) is 38.3 Å². The van der Waals surface area contributed by atoms with Crippen LogP contribution in [0.5, 0.6) is 0 Å². The van der Waals surface area contributed by atoms with Crippen LogP contribution in [0.2, 0.25) is 0 Å². The molecule has 0 saturated heterocycles. The third-order valence-corrected chi connectivity index (χ3v) is 3.52. The van der Waals surface area contributed by atoms with Crippen LogP contribution in [0.4, 0.5) is 0 Å². The van der Waals surface area contributed by atoms with Crippen molar-refractivity contribution in [2.75, 3.05) is 13.2 Å². The van der Waals surface area contributed by atoms with E-state index >= 15 is 0 Å². The third kappa shape index (κ3) is 4.42. The van der Waals surface area contributed by atoms with Crippen molar-refractivity contribution in [3.8, 4) is 0 Å². The Morgan fingerprint density at radius 1 is 1.44 bits per heavy atom. The number of carbonyl (C=O) groups excluding carboxylic acids is 1. The molecule has 3 nitrogen and oxygen atoms in total. The van der Waals surface area contributed by atoms with E-state index in [4.69, 9.17) is 4.74 Å². The lowest BCUT2D eigenvalue weighted by Gasteiger charge is -2.24. The van der Waals surface area contributed by atoms with Gasteiger partial charge in [-0.25, -0.2) is 0 Å². The second-order valence-electron chi connectivity index (χ2n) is 4.84. The summed E-state index contributed by atoms with van der Waals surface area (Å²) in [5.74, 6) is -0.0709. The van der Waals surface area contributed by atoms with Crippen molar-refractivity contribution >= 4 is 21.8 Å². The van der Waals surface area contributed by atoms with Crippen LogP contribution in [0, 0.1) is 6.92 Å². The molecular weight excluding hydrogens is 294 g/mol. The number of amides is 1. The lowest BCUT2D eigenvalue weighted by molar-refractivity contribution is -0.00815. The number of benzene rings is 1. The maximum Gasteiger partial charge on any atom is 0.251 e. The number of hydrogen-bond donors (Lipinski definition) is 1. The van der Waals surface area contributed by atoms with Crippen LogP contribution >= 0.6 is 15.9 Å². The molecule has 18 heavy (non-hydrogen) atoms. The van der Waals surface area contributed by atoms with E-state index in [0.29, 0.717) is 18.7 Å². The standard InChI is InChI=1S/C14H20BrNO2/c1-5-18-14(3,4)9-16-13(17)11-6-7-12(15)10(2)8-11/h6-8H,5,9H2,1-4H3,(H,16,17). The van der Waals surface area contributed by atoms with Gasteiger partial charge in [0, 0.05) is 23.2 Å². The first-order chi connectivity index (χ1) is 8.35. The summed E-state index contributed by atoms with van der Waals surface area (Å²) in [6, 6.07) is 5.56. The number of aryl methyl sites for hydroxylation is 1. The van der Waals surface area contributed by atoms with Gasteiger partial charge in [0.05, 0.1) is 5.60 Å². The summed E-state index contributed by atoms with van der Waals surface area (Å²) in [7, 11) is 0. The van der Waals surface area contributed by atoms with Crippen LogP contribution in [-0.2, 0) is 4.74 Å². The quantitative estimate of drug-likeness (QED) is 0.905. The normalized spacial score (nSPS) is 11.4. The lowest BCUT2D eigenvalue weighted by atomic mass is 10.1. The first-order valence-electron chi connectivity index (χ1n) is 6.04. The molecule has 1 aromatic carbocycles. The van der Waals surface area contributed by atoms with Crippen molar-refractivity contribution < 1.29 is 9.53 Å². The van der Waals surface area contributed by atoms with E-state index in [-0.39, 0.29) is 11.5 Å². The monoisotopic (exact) mass is 313 g/mol. The second-order valence-corrected chi connectivity index (χ2v) is 5.69. The Hall–Kier alpha value is -0.870. The van der Waals surface area contributed by atoms with Gasteiger partial charge in [-0.15, -0.1) is 0 Å². The lowest BCUT2D eigenvalue weighted by Crippen LogP contribution is -2.40. The molecule has 1 rings (SSSR count). The molecule has 0 spiro atoms. The molecule has 0 aliphatic rings. The van der Waals surface area contributed by atoms with Gasteiger partial charge in [0.15, 0.2) is 0 Å². The van der Waals surface area contributed by atoms with E-state index in [2.05, 4.69) is 21.2 Å². The van der Waals surface area contributed by atoms with Crippen molar-refractivity contribution in [3.63, 3.8) is 0 Å². The molecule has 0 heterocycles. The number of halogens is 1. The molecule has 0 radical (unpaired) electrons. The fourth-order valence-electron chi connectivity index (χ4n) is 1.62. The summed E-state index contributed by atoms with van der Waals surface area (Å²) in [5.41, 5.74) is 1.38. The molecule has 1 aromatic rings. The van der Waals surface area contributed by atoms with Gasteiger partial charge in [-0.05, 0) is 51.5 Å². The molecule has 0 atom stereocenters. The molecule has 0 bridgehead atoms. The highest BCUT2D eigenvalue weighted by atomic mass is 79.9. The molecule has 0 aliphatic heterocycles. The van der Waals surface area contributed by atoms with Crippen LogP contribution in [0.1, 0.15) is 36.7 Å². The molecule has 1 amide bonds. The fraction of sp³-hybridized carbons (Fsp3) is 0.500. The molecule has 1 N–H and O–H groups in total. The summed E-state index contributed by atoms with van der Waals surface area (Å²) in [5, 5.41) is 2.89. The highest BCUT2D eigenvalue weighted by Crippen LogP contribution is 2.17. The van der Waals surface area contributed by atoms with Crippen LogP contribution in [0.3, 0.4) is 0 Å². The molecular formula is C14H20BrNO2. The van der Waals surface area contributed by atoms with Gasteiger partial charge < -0.3 is 10.1 Å². The van der Waals surface area contributed by atoms with E-state index in [9.17, 15) is 4.79 Å². The number of rotatable bonds is 5. The zero-order chi connectivity index (χ0) is 13.8. The van der Waals surface area contributed by atoms with Gasteiger partial charge in [-0.1, -0.05) is 15.9 Å². The van der Waals surface area contributed by atoms with Crippen LogP contribution in [0.25, 0.3) is 0 Å². The maximum atomic E-state index is 12.0. The number of ether oxygens (including phenoxy) is 1. The van der Waals surface area contributed by atoms with E-state index in [0.717, 1.165) is 10.0 Å². The van der Waals surface area contributed by atoms with Gasteiger partial charge in [-0.2, -0.15) is 0 Å². The summed E-state index contributed by atoms with van der Waals surface area (Å²) in [6.07, 6.45) is 0. The largest absolute Gasteiger partial charge is 0.374 e. The summed E-state index contributed by atoms with van der Waals surface area (Å²) < 4.78 is 6.54. The highest BCUT2D eigenvalue weighted by Gasteiger charge is 2.19. The molecule has 0 unspecified atom stereocenters. The summed E-state index contributed by atoms with van der Waals surface area (Å²) in [6.45, 7) is 8.97. The zero-order valence-corrected chi connectivity index (χ0v) is 12.9. The minimum atomic E-state index is -0.338. The Morgan fingerprint density at radius 3 is 2.67 bits per heavy atom. The second kappa shape index (κ2) is 6.34. The van der Waals surface area contributed by atoms with E-state index in [1.807, 2.05) is 39.8 Å². The van der Waals surface area contributed by atoms with Crippen molar-refractivity contribution in [1.82, 2.24) is 5.32 Å². The predicted octanol–water partition coefficient (Wildman–Crippen LogP) is 3.30. The molecule has 100 valence electrons. The zero-order valence-electron chi connectivity index (χ0n) is 11.3. The highest BCUT2D eigenvalue weighted by molar-refractivity contribution is 9.10. The molecule has 0 aliphatic carbocycles. The molecule has 0 fully saturated rings. The average Bonchev–Trinajstić information content (AvgIpc) is 2.30. The van der Waals surface area contributed by atoms with E-state index in [1.54, 1.807) is 6.07 Å². The Kier molecular flexibility index (Phi) is 5.35. The smallest absolute Gasteiger partial charge is 0.251 e. The Balaban J connectivity index is 2.63. The van der Waals surface area contributed by atoms with Gasteiger partial charge in [0.1, 0.15) is 0 Å². The number of nitrogens with one attached hydrogen (secondary N) is 1. The SMILES string of the molecule is CCOC(C)(C)CNC(=O)c1ccc(Br)c(C)c1. The number of hydrogen-bond acceptors (Lipinski definition) is 2. The van der Waals surface area contributed by atoms with Crippen molar-refractivity contribution in [2.24, 2.45) is 0 Å². The maximum absolute atomic E-state index is 12.0. The van der Waals surface area contributed by atoms with Crippen LogP contribution in [-0.4, -0.2) is 24.7 Å². The summed E-state index contributed by atoms with van der Waals surface area (Å²) in [4.78, 5) is 12.0. The fourth-order valence-corrected chi connectivity index (χ4v) is 1.87. The van der Waals surface area contributed by atoms with Gasteiger partial charge in [-0.3, -0.25) is 4.79 Å². The first-order valence-corrected chi connectivity index (χ1v) is 6.83. The molecule has 0 aromatic heterocycles. The minimum Gasteiger partial charge on any atom is -0.374 e. The van der Waals surface area contributed by atoms with Gasteiger partial charge in [0.25, 0.3) is 5.91 Å². The van der Waals surface area contributed by atoms with Gasteiger partial charge >= 0.3 is 0 Å². The van der Waals surface area contributed by atoms with Crippen molar-refractivity contribution in [2.45, 2.75) is 33.3 Å². The Bertz CT molecular complexity index is 430. The van der Waals surface area contributed by atoms with Crippen molar-refractivity contribution in [3.05, 3.63) is 33.8 Å². The number of carbonyl (C=O) groups is 1. The van der Waals surface area contributed by atoms with Crippen LogP contribution < -0.4 is 5.32 Å². The molecule has 0 saturated carbocycles. The van der Waals surface area contributed by atoms with Gasteiger partial charge in [0.2, 0.25) is 0 Å². The van der Waals surface area contributed by atoms with E-state index in [1.165, 1.54) is 0 Å². The predicted molar refractivity (Wildman–Crippen MR) is 76.9 cm³/mol. The third-order valence-electron chi connectivity index (χ3n) is 2.63. The Morgan fingerprint density at radius 2 is 2.11 bits per heavy atom. The Labute approximate surface area is 117 Å².